The first kappa shape index (κ1) is 14.7. The number of halogens is 2. The Labute approximate surface area is 123 Å². The highest BCUT2D eigenvalue weighted by Crippen LogP contribution is 2.25. The van der Waals surface area contributed by atoms with E-state index in [4.69, 9.17) is 17.3 Å². The number of carbonyl (C=O) groups excluding carboxylic acids is 1. The third kappa shape index (κ3) is 3.26. The van der Waals surface area contributed by atoms with Gasteiger partial charge in [0.15, 0.2) is 0 Å². The van der Waals surface area contributed by atoms with Crippen molar-refractivity contribution in [2.45, 2.75) is 0 Å². The van der Waals surface area contributed by atoms with Gasteiger partial charge in [0.1, 0.15) is 11.4 Å². The van der Waals surface area contributed by atoms with Crippen molar-refractivity contribution in [2.24, 2.45) is 0 Å². The predicted octanol–water partition coefficient (Wildman–Crippen LogP) is 3.22. The van der Waals surface area contributed by atoms with E-state index in [0.29, 0.717) is 0 Å². The van der Waals surface area contributed by atoms with E-state index in [9.17, 15) is 19.3 Å². The summed E-state index contributed by atoms with van der Waals surface area (Å²) >= 11 is 5.74. The Morgan fingerprint density at radius 2 is 2.00 bits per heavy atom. The molecule has 0 unspecified atom stereocenters. The molecule has 0 atom stereocenters. The van der Waals surface area contributed by atoms with Crippen molar-refractivity contribution < 1.29 is 14.1 Å². The lowest BCUT2D eigenvalue weighted by Crippen LogP contribution is -2.15. The Morgan fingerprint density at radius 3 is 2.67 bits per heavy atom. The average Bonchev–Trinajstić information content (AvgIpc) is 2.42. The summed E-state index contributed by atoms with van der Waals surface area (Å²) < 4.78 is 13.1. The fourth-order valence-electron chi connectivity index (χ4n) is 1.68. The molecule has 0 aromatic heterocycles. The first-order valence-electron chi connectivity index (χ1n) is 5.69. The summed E-state index contributed by atoms with van der Waals surface area (Å²) in [4.78, 5) is 22.3. The molecule has 0 heterocycles. The van der Waals surface area contributed by atoms with Gasteiger partial charge in [0.05, 0.1) is 16.3 Å². The summed E-state index contributed by atoms with van der Waals surface area (Å²) in [5.41, 5.74) is 5.11. The molecule has 108 valence electrons. The van der Waals surface area contributed by atoms with Gasteiger partial charge in [0.25, 0.3) is 11.6 Å². The molecule has 0 aliphatic rings. The Hall–Kier alpha value is -2.67. The van der Waals surface area contributed by atoms with Crippen LogP contribution in [0.1, 0.15) is 10.4 Å². The van der Waals surface area contributed by atoms with Crippen LogP contribution in [0.25, 0.3) is 0 Å². The summed E-state index contributed by atoms with van der Waals surface area (Å²) in [7, 11) is 0. The highest BCUT2D eigenvalue weighted by atomic mass is 35.5. The number of nitro benzene ring substituents is 1. The third-order valence-electron chi connectivity index (χ3n) is 2.66. The molecule has 0 spiro atoms. The minimum absolute atomic E-state index is 0.0225. The van der Waals surface area contributed by atoms with Gasteiger partial charge in [0, 0.05) is 11.1 Å². The molecule has 0 radical (unpaired) electrons. The molecule has 0 bridgehead atoms. The fourth-order valence-corrected chi connectivity index (χ4v) is 1.85. The number of anilines is 2. The third-order valence-corrected chi connectivity index (χ3v) is 2.90. The molecule has 6 nitrogen and oxygen atoms in total. The van der Waals surface area contributed by atoms with Gasteiger partial charge in [-0.1, -0.05) is 11.6 Å². The Kier molecular flexibility index (Phi) is 4.04. The van der Waals surface area contributed by atoms with Gasteiger partial charge in [0.2, 0.25) is 0 Å². The molecular weight excluding hydrogens is 301 g/mol. The summed E-state index contributed by atoms with van der Waals surface area (Å²) in [5.74, 6) is -1.40. The Balaban J connectivity index is 2.39. The Bertz CT molecular complexity index is 737. The summed E-state index contributed by atoms with van der Waals surface area (Å²) in [6, 6.07) is 7.00. The van der Waals surface area contributed by atoms with Gasteiger partial charge in [-0.15, -0.1) is 0 Å². The number of nitro groups is 1. The van der Waals surface area contributed by atoms with Crippen molar-refractivity contribution in [3.63, 3.8) is 0 Å². The quantitative estimate of drug-likeness (QED) is 0.516. The predicted molar refractivity (Wildman–Crippen MR) is 76.9 cm³/mol. The van der Waals surface area contributed by atoms with E-state index in [0.717, 1.165) is 24.3 Å². The van der Waals surface area contributed by atoms with Gasteiger partial charge in [-0.3, -0.25) is 14.9 Å². The van der Waals surface area contributed by atoms with Crippen LogP contribution in [0.2, 0.25) is 5.02 Å². The number of rotatable bonds is 3. The number of benzene rings is 2. The maximum Gasteiger partial charge on any atom is 0.282 e. The van der Waals surface area contributed by atoms with Crippen LogP contribution in [0.3, 0.4) is 0 Å². The molecule has 0 aliphatic heterocycles. The number of nitrogens with zero attached hydrogens (tertiary/aromatic N) is 1. The summed E-state index contributed by atoms with van der Waals surface area (Å²) in [6.07, 6.45) is 0. The molecule has 0 aliphatic carbocycles. The standard InChI is InChI=1S/C13H9ClFN3O3/c14-7-1-4-12(18(20)21)9(5-7)13(19)17-11-6-8(15)2-3-10(11)16/h1-6H,16H2,(H,17,19). The van der Waals surface area contributed by atoms with Crippen molar-refractivity contribution in [1.29, 1.82) is 0 Å². The average molecular weight is 310 g/mol. The van der Waals surface area contributed by atoms with Crippen LogP contribution in [0.5, 0.6) is 0 Å². The van der Waals surface area contributed by atoms with Crippen molar-refractivity contribution in [3.05, 3.63) is 62.9 Å². The summed E-state index contributed by atoms with van der Waals surface area (Å²) in [5, 5.41) is 13.4. The summed E-state index contributed by atoms with van der Waals surface area (Å²) in [6.45, 7) is 0. The van der Waals surface area contributed by atoms with E-state index in [2.05, 4.69) is 5.32 Å². The number of nitrogens with one attached hydrogen (secondary N) is 1. The first-order valence-corrected chi connectivity index (χ1v) is 6.06. The molecule has 0 saturated heterocycles. The lowest BCUT2D eigenvalue weighted by molar-refractivity contribution is -0.385. The number of nitrogen functional groups attached to an aromatic ring is 1. The first-order chi connectivity index (χ1) is 9.88. The van der Waals surface area contributed by atoms with E-state index in [1.165, 1.54) is 12.1 Å². The van der Waals surface area contributed by atoms with Crippen molar-refractivity contribution >= 4 is 34.6 Å². The van der Waals surface area contributed by atoms with E-state index in [-0.39, 0.29) is 22.0 Å². The van der Waals surface area contributed by atoms with Gasteiger partial charge < -0.3 is 11.1 Å². The highest BCUT2D eigenvalue weighted by molar-refractivity contribution is 6.31. The molecule has 0 fully saturated rings. The monoisotopic (exact) mass is 309 g/mol. The van der Waals surface area contributed by atoms with Crippen LogP contribution in [0.4, 0.5) is 21.5 Å². The molecule has 2 aromatic rings. The number of carbonyl (C=O) groups is 1. The van der Waals surface area contributed by atoms with Crippen LogP contribution in [-0.4, -0.2) is 10.8 Å². The second-order valence-electron chi connectivity index (χ2n) is 4.10. The maximum atomic E-state index is 13.1. The fraction of sp³-hybridized carbons (Fsp3) is 0. The molecular formula is C13H9ClFN3O3. The van der Waals surface area contributed by atoms with Gasteiger partial charge in [-0.25, -0.2) is 4.39 Å². The molecule has 2 aromatic carbocycles. The van der Waals surface area contributed by atoms with Crippen LogP contribution < -0.4 is 11.1 Å². The maximum absolute atomic E-state index is 13.1. The van der Waals surface area contributed by atoms with Crippen molar-refractivity contribution in [3.8, 4) is 0 Å². The number of amides is 1. The lowest BCUT2D eigenvalue weighted by Gasteiger charge is -2.08. The molecule has 0 saturated carbocycles. The lowest BCUT2D eigenvalue weighted by atomic mass is 10.1. The molecule has 1 amide bonds. The Morgan fingerprint density at radius 1 is 1.29 bits per heavy atom. The second-order valence-corrected chi connectivity index (χ2v) is 4.54. The van der Waals surface area contributed by atoms with E-state index in [1.54, 1.807) is 0 Å². The number of hydrogen-bond acceptors (Lipinski definition) is 4. The highest BCUT2D eigenvalue weighted by Gasteiger charge is 2.21. The van der Waals surface area contributed by atoms with Gasteiger partial charge in [-0.05, 0) is 30.3 Å². The van der Waals surface area contributed by atoms with E-state index >= 15 is 0 Å². The number of hydrogen-bond donors (Lipinski definition) is 2. The van der Waals surface area contributed by atoms with E-state index in [1.807, 2.05) is 0 Å². The van der Waals surface area contributed by atoms with E-state index < -0.39 is 22.3 Å². The minimum atomic E-state index is -0.804. The van der Waals surface area contributed by atoms with Crippen LogP contribution in [0, 0.1) is 15.9 Å². The van der Waals surface area contributed by atoms with Crippen LogP contribution in [0.15, 0.2) is 36.4 Å². The van der Waals surface area contributed by atoms with Crippen molar-refractivity contribution in [1.82, 2.24) is 0 Å². The van der Waals surface area contributed by atoms with Gasteiger partial charge >= 0.3 is 0 Å². The number of nitrogens with two attached hydrogens (primary N) is 1. The van der Waals surface area contributed by atoms with Crippen LogP contribution in [-0.2, 0) is 0 Å². The normalized spacial score (nSPS) is 10.2. The smallest absolute Gasteiger partial charge is 0.282 e. The minimum Gasteiger partial charge on any atom is -0.397 e. The SMILES string of the molecule is Nc1ccc(F)cc1NC(=O)c1cc(Cl)ccc1[N+](=O)[O-]. The van der Waals surface area contributed by atoms with Crippen molar-refractivity contribution in [2.75, 3.05) is 11.1 Å². The van der Waals surface area contributed by atoms with Crippen LogP contribution >= 0.6 is 11.6 Å². The molecule has 2 rings (SSSR count). The molecule has 8 heteroatoms. The second kappa shape index (κ2) is 5.76. The zero-order chi connectivity index (χ0) is 15.6. The molecule has 21 heavy (non-hydrogen) atoms. The zero-order valence-corrected chi connectivity index (χ0v) is 11.2. The largest absolute Gasteiger partial charge is 0.397 e. The molecule has 3 N–H and O–H groups in total. The topological polar surface area (TPSA) is 98.3 Å². The zero-order valence-electron chi connectivity index (χ0n) is 10.5. The van der Waals surface area contributed by atoms with Gasteiger partial charge in [-0.2, -0.15) is 0 Å².